The van der Waals surface area contributed by atoms with Gasteiger partial charge >= 0.3 is 5.97 Å². The van der Waals surface area contributed by atoms with E-state index in [0.29, 0.717) is 12.1 Å². The first-order chi connectivity index (χ1) is 11.2. The molecule has 0 aliphatic carbocycles. The van der Waals surface area contributed by atoms with Crippen molar-refractivity contribution in [2.24, 2.45) is 5.92 Å². The highest BCUT2D eigenvalue weighted by Crippen LogP contribution is 2.29. The second-order valence-electron chi connectivity index (χ2n) is 5.43. The van der Waals surface area contributed by atoms with Crippen LogP contribution in [0.1, 0.15) is 25.3 Å². The molecule has 0 spiro atoms. The fourth-order valence-corrected chi connectivity index (χ4v) is 1.92. The number of aromatic nitrogens is 1. The number of carbonyl (C=O) groups excluding carboxylic acids is 1. The maximum Gasteiger partial charge on any atom is 0.319 e. The summed E-state index contributed by atoms with van der Waals surface area (Å²) in [5, 5.41) is 3.69. The van der Waals surface area contributed by atoms with Crippen LogP contribution in [0.15, 0.2) is 10.6 Å². The Hall–Kier alpha value is -2.45. The highest BCUT2D eigenvalue weighted by Gasteiger charge is 2.28. The summed E-state index contributed by atoms with van der Waals surface area (Å²) in [5.74, 6) is -13.8. The Bertz CT molecular complexity index is 744. The highest BCUT2D eigenvalue weighted by molar-refractivity contribution is 5.74. The van der Waals surface area contributed by atoms with Gasteiger partial charge in [-0.1, -0.05) is 19.0 Å². The highest BCUT2D eigenvalue weighted by atomic mass is 19.2. The van der Waals surface area contributed by atoms with E-state index in [1.54, 1.807) is 0 Å². The van der Waals surface area contributed by atoms with Crippen molar-refractivity contribution < 1.29 is 36.0 Å². The average Bonchev–Trinajstić information content (AvgIpc) is 2.93. The number of benzene rings is 1. The molecule has 0 radical (unpaired) electrons. The molecule has 0 bridgehead atoms. The Kier molecular flexibility index (Phi) is 5.20. The molecule has 0 unspecified atom stereocenters. The van der Waals surface area contributed by atoms with Crippen LogP contribution >= 0.6 is 0 Å². The first kappa shape index (κ1) is 17.9. The molecule has 2 aromatic rings. The van der Waals surface area contributed by atoms with Crippen molar-refractivity contribution >= 4 is 5.97 Å². The number of halogens is 5. The first-order valence-electron chi connectivity index (χ1n) is 6.87. The zero-order valence-corrected chi connectivity index (χ0v) is 12.6. The van der Waals surface area contributed by atoms with Gasteiger partial charge in [-0.15, -0.1) is 0 Å². The van der Waals surface area contributed by atoms with E-state index in [1.165, 1.54) is 6.07 Å². The lowest BCUT2D eigenvalue weighted by molar-refractivity contribution is -0.134. The zero-order chi connectivity index (χ0) is 18.0. The molecule has 0 saturated carbocycles. The molecule has 0 fully saturated rings. The summed E-state index contributed by atoms with van der Waals surface area (Å²) < 4.78 is 74.9. The molecule has 9 heteroatoms. The van der Waals surface area contributed by atoms with E-state index in [-0.39, 0.29) is 11.7 Å². The van der Waals surface area contributed by atoms with E-state index in [0.717, 1.165) is 0 Å². The van der Waals surface area contributed by atoms with Gasteiger partial charge in [0.05, 0.1) is 5.69 Å². The van der Waals surface area contributed by atoms with Crippen LogP contribution in [0.3, 0.4) is 0 Å². The molecule has 0 aliphatic heterocycles. The molecule has 4 nitrogen and oxygen atoms in total. The van der Waals surface area contributed by atoms with Gasteiger partial charge in [0.15, 0.2) is 0 Å². The van der Waals surface area contributed by atoms with Gasteiger partial charge in [0.2, 0.25) is 34.8 Å². The molecule has 0 aliphatic rings. The van der Waals surface area contributed by atoms with Crippen molar-refractivity contribution in [3.8, 4) is 5.75 Å². The third-order valence-electron chi connectivity index (χ3n) is 2.93. The van der Waals surface area contributed by atoms with Gasteiger partial charge in [0.25, 0.3) is 0 Å². The average molecular weight is 349 g/mol. The van der Waals surface area contributed by atoms with E-state index >= 15 is 0 Å². The molecule has 24 heavy (non-hydrogen) atoms. The minimum Gasteiger partial charge on any atom is -0.420 e. The van der Waals surface area contributed by atoms with Crippen LogP contribution in [0.4, 0.5) is 22.0 Å². The van der Waals surface area contributed by atoms with Crippen molar-refractivity contribution in [3.63, 3.8) is 0 Å². The molecule has 1 aromatic heterocycles. The van der Waals surface area contributed by atoms with Gasteiger partial charge in [0, 0.05) is 6.07 Å². The third-order valence-corrected chi connectivity index (χ3v) is 2.93. The van der Waals surface area contributed by atoms with Crippen LogP contribution < -0.4 is 4.74 Å². The van der Waals surface area contributed by atoms with Gasteiger partial charge in [-0.05, 0) is 12.3 Å². The lowest BCUT2D eigenvalue weighted by Crippen LogP contribution is -2.15. The number of hydrogen-bond acceptors (Lipinski definition) is 4. The van der Waals surface area contributed by atoms with Gasteiger partial charge in [-0.3, -0.25) is 4.79 Å². The second-order valence-corrected chi connectivity index (χ2v) is 5.43. The SMILES string of the molecule is CC(C)Cc1cc(CC(=O)Oc2c(F)c(F)c(F)c(F)c2F)on1. The molecule has 0 atom stereocenters. The molecular weight excluding hydrogens is 337 g/mol. The van der Waals surface area contributed by atoms with Crippen LogP contribution in [-0.2, 0) is 17.6 Å². The molecule has 0 amide bonds. The molecule has 0 N–H and O–H groups in total. The largest absolute Gasteiger partial charge is 0.420 e. The maximum absolute atomic E-state index is 13.4. The monoisotopic (exact) mass is 349 g/mol. The van der Waals surface area contributed by atoms with E-state index in [9.17, 15) is 26.7 Å². The topological polar surface area (TPSA) is 52.3 Å². The Balaban J connectivity index is 2.15. The third kappa shape index (κ3) is 3.72. The Labute approximate surface area is 133 Å². The molecule has 0 saturated heterocycles. The van der Waals surface area contributed by atoms with Gasteiger partial charge in [-0.25, -0.2) is 13.2 Å². The fraction of sp³-hybridized carbons (Fsp3) is 0.333. The maximum atomic E-state index is 13.4. The fourth-order valence-electron chi connectivity index (χ4n) is 1.92. The van der Waals surface area contributed by atoms with Crippen molar-refractivity contribution in [3.05, 3.63) is 46.6 Å². The summed E-state index contributed by atoms with van der Waals surface area (Å²) >= 11 is 0. The second kappa shape index (κ2) is 6.98. The lowest BCUT2D eigenvalue weighted by atomic mass is 10.1. The predicted octanol–water partition coefficient (Wildman–Crippen LogP) is 3.72. The number of esters is 1. The predicted molar refractivity (Wildman–Crippen MR) is 70.6 cm³/mol. The molecule has 1 aromatic carbocycles. The van der Waals surface area contributed by atoms with Crippen LogP contribution in [-0.4, -0.2) is 11.1 Å². The van der Waals surface area contributed by atoms with E-state index < -0.39 is 47.2 Å². The Morgan fingerprint density at radius 1 is 1.08 bits per heavy atom. The zero-order valence-electron chi connectivity index (χ0n) is 12.6. The number of rotatable bonds is 5. The Morgan fingerprint density at radius 2 is 1.62 bits per heavy atom. The number of ether oxygens (including phenoxy) is 1. The minimum absolute atomic E-state index is 0.0412. The molecule has 130 valence electrons. The summed E-state index contributed by atoms with van der Waals surface area (Å²) in [6.45, 7) is 3.87. The van der Waals surface area contributed by atoms with Crippen molar-refractivity contribution in [2.75, 3.05) is 0 Å². The van der Waals surface area contributed by atoms with Crippen LogP contribution in [0.25, 0.3) is 0 Å². The Morgan fingerprint density at radius 3 is 2.17 bits per heavy atom. The molecule has 1 heterocycles. The van der Waals surface area contributed by atoms with Crippen LogP contribution in [0.5, 0.6) is 5.75 Å². The number of carbonyl (C=O) groups is 1. The number of hydrogen-bond donors (Lipinski definition) is 0. The van der Waals surface area contributed by atoms with Crippen molar-refractivity contribution in [1.29, 1.82) is 0 Å². The summed E-state index contributed by atoms with van der Waals surface area (Å²) in [4.78, 5) is 11.6. The van der Waals surface area contributed by atoms with Gasteiger partial charge < -0.3 is 9.26 Å². The van der Waals surface area contributed by atoms with Crippen LogP contribution in [0, 0.1) is 35.0 Å². The summed E-state index contributed by atoms with van der Waals surface area (Å²) in [7, 11) is 0. The smallest absolute Gasteiger partial charge is 0.319 e. The van der Waals surface area contributed by atoms with Gasteiger partial charge in [-0.2, -0.15) is 8.78 Å². The normalized spacial score (nSPS) is 11.2. The lowest BCUT2D eigenvalue weighted by Gasteiger charge is -2.08. The molecular formula is C15H12F5NO3. The van der Waals surface area contributed by atoms with Crippen molar-refractivity contribution in [1.82, 2.24) is 5.16 Å². The molecule has 2 rings (SSSR count). The van der Waals surface area contributed by atoms with E-state index in [2.05, 4.69) is 9.89 Å². The standard InChI is InChI=1S/C15H12F5NO3/c1-6(2)3-7-4-8(24-21-7)5-9(22)23-15-13(19)11(17)10(16)12(18)14(15)20/h4,6H,3,5H2,1-2H3. The number of nitrogens with zero attached hydrogens (tertiary/aromatic N) is 1. The van der Waals surface area contributed by atoms with E-state index in [4.69, 9.17) is 4.52 Å². The summed E-state index contributed by atoms with van der Waals surface area (Å²) in [6, 6.07) is 1.44. The van der Waals surface area contributed by atoms with Crippen molar-refractivity contribution in [2.45, 2.75) is 26.7 Å². The quantitative estimate of drug-likeness (QED) is 0.271. The van der Waals surface area contributed by atoms with E-state index in [1.807, 2.05) is 13.8 Å². The van der Waals surface area contributed by atoms with Crippen LogP contribution in [0.2, 0.25) is 0 Å². The summed E-state index contributed by atoms with van der Waals surface area (Å²) in [6.07, 6.45) is 0.000772. The first-order valence-corrected chi connectivity index (χ1v) is 6.87. The minimum atomic E-state index is -2.33. The van der Waals surface area contributed by atoms with Gasteiger partial charge in [0.1, 0.15) is 12.2 Å². The summed E-state index contributed by atoms with van der Waals surface area (Å²) in [5.41, 5.74) is 0.559.